The van der Waals surface area contributed by atoms with Crippen LogP contribution in [0.5, 0.6) is 0 Å². The van der Waals surface area contributed by atoms with Crippen LogP contribution in [-0.4, -0.2) is 6.71 Å². The first-order chi connectivity index (χ1) is 23.9. The monoisotopic (exact) mass is 636 g/mol. The molecule has 0 atom stereocenters. The van der Waals surface area contributed by atoms with Gasteiger partial charge in [0.05, 0.1) is 5.69 Å². The molecule has 3 heterocycles. The first-order valence-corrected chi connectivity index (χ1v) is 19.1. The van der Waals surface area contributed by atoms with Crippen molar-refractivity contribution in [2.75, 3.05) is 9.80 Å². The number of benzene rings is 5. The minimum Gasteiger partial charge on any atom is -0.311 e. The zero-order chi connectivity index (χ0) is 32.8. The van der Waals surface area contributed by atoms with Crippen molar-refractivity contribution in [1.29, 1.82) is 0 Å². The largest absolute Gasteiger partial charge is 0.311 e. The second kappa shape index (κ2) is 9.72. The Labute approximate surface area is 292 Å². The Balaban J connectivity index is 1.21. The molecule has 3 heteroatoms. The summed E-state index contributed by atoms with van der Waals surface area (Å²) in [5.74, 6) is 3.34. The Morgan fingerprint density at radius 3 is 2.06 bits per heavy atom. The normalized spacial score (nSPS) is 26.4. The molecule has 3 aliphatic heterocycles. The third-order valence-electron chi connectivity index (χ3n) is 13.9. The molecule has 1 spiro atoms. The highest BCUT2D eigenvalue weighted by Crippen LogP contribution is 2.69. The molecule has 4 aliphatic carbocycles. The first-order valence-electron chi connectivity index (χ1n) is 19.1. The van der Waals surface area contributed by atoms with Crippen molar-refractivity contribution in [3.05, 3.63) is 125 Å². The van der Waals surface area contributed by atoms with Crippen LogP contribution in [-0.2, 0) is 17.3 Å². The summed E-state index contributed by atoms with van der Waals surface area (Å²) >= 11 is 0. The number of fused-ring (bicyclic) bond motifs is 6. The van der Waals surface area contributed by atoms with Crippen molar-refractivity contribution < 1.29 is 0 Å². The van der Waals surface area contributed by atoms with Gasteiger partial charge in [-0.3, -0.25) is 0 Å². The lowest BCUT2D eigenvalue weighted by molar-refractivity contribution is -0.0419. The second-order valence-corrected chi connectivity index (χ2v) is 17.3. The van der Waals surface area contributed by atoms with Gasteiger partial charge >= 0.3 is 0 Å². The third kappa shape index (κ3) is 3.59. The molecule has 0 radical (unpaired) electrons. The standard InChI is InChI=1S/C46H45BN2/c1-5-28-19-20-37-42(26-28)48(34-12-8-11-31(27-34)45(2,3)4)40-17-10-18-41-43(40)47(37)38-15-9-14-36-44(38)49(41)39-16-7-6-13-35(39)46(36)32-22-29-21-30(24-32)25-33(46)23-29/h6-20,26-27,29-30,32-33H,5,21-25H2,1-4H3. The number of para-hydroxylation sites is 2. The van der Waals surface area contributed by atoms with Gasteiger partial charge < -0.3 is 9.80 Å². The zero-order valence-corrected chi connectivity index (χ0v) is 29.3. The van der Waals surface area contributed by atoms with Gasteiger partial charge in [-0.2, -0.15) is 0 Å². The second-order valence-electron chi connectivity index (χ2n) is 17.3. The highest BCUT2D eigenvalue weighted by Gasteiger charge is 2.62. The van der Waals surface area contributed by atoms with E-state index in [4.69, 9.17) is 0 Å². The van der Waals surface area contributed by atoms with Crippen molar-refractivity contribution in [3.8, 4) is 0 Å². The van der Waals surface area contributed by atoms with E-state index >= 15 is 0 Å². The van der Waals surface area contributed by atoms with Crippen LogP contribution in [0.15, 0.2) is 103 Å². The van der Waals surface area contributed by atoms with Crippen LogP contribution < -0.4 is 26.2 Å². The maximum atomic E-state index is 2.71. The van der Waals surface area contributed by atoms with Crippen LogP contribution in [0.1, 0.15) is 82.1 Å². The Morgan fingerprint density at radius 1 is 0.633 bits per heavy atom. The summed E-state index contributed by atoms with van der Waals surface area (Å²) in [6.07, 6.45) is 8.12. The minimum absolute atomic E-state index is 0.0687. The predicted molar refractivity (Wildman–Crippen MR) is 206 cm³/mol. The number of hydrogen-bond donors (Lipinski definition) is 0. The topological polar surface area (TPSA) is 6.48 Å². The van der Waals surface area contributed by atoms with Crippen molar-refractivity contribution >= 4 is 57.2 Å². The van der Waals surface area contributed by atoms with Crippen LogP contribution in [0, 0.1) is 23.7 Å². The van der Waals surface area contributed by atoms with E-state index in [0.717, 1.165) is 30.1 Å². The lowest BCUT2D eigenvalue weighted by Gasteiger charge is -2.64. The number of hydrogen-bond acceptors (Lipinski definition) is 2. The van der Waals surface area contributed by atoms with Crippen molar-refractivity contribution in [2.45, 2.75) is 77.0 Å². The fourth-order valence-electron chi connectivity index (χ4n) is 12.2. The minimum atomic E-state index is 0.0687. The molecule has 7 aliphatic rings. The molecular weight excluding hydrogens is 591 g/mol. The average molecular weight is 637 g/mol. The van der Waals surface area contributed by atoms with Crippen LogP contribution in [0.25, 0.3) is 0 Å². The highest BCUT2D eigenvalue weighted by atomic mass is 15.2. The van der Waals surface area contributed by atoms with Gasteiger partial charge in [0.1, 0.15) is 0 Å². The van der Waals surface area contributed by atoms with Gasteiger partial charge in [-0.15, -0.1) is 0 Å². The SMILES string of the molecule is CCc1ccc2c(c1)N(c1cccc(C(C)(C)C)c1)c1cccc3c1B2c1cccc2c1N3c1ccccc1C21C2CC3CC(C2)CC1C3. The molecular formula is C46H45BN2. The summed E-state index contributed by atoms with van der Waals surface area (Å²) in [7, 11) is 0. The van der Waals surface area contributed by atoms with Crippen molar-refractivity contribution in [1.82, 2.24) is 0 Å². The molecule has 242 valence electrons. The van der Waals surface area contributed by atoms with Crippen LogP contribution in [0.4, 0.5) is 34.1 Å². The Hall–Kier alpha value is -4.24. The third-order valence-corrected chi connectivity index (χ3v) is 13.9. The summed E-state index contributed by atoms with van der Waals surface area (Å²) in [6, 6.07) is 40.9. The zero-order valence-electron chi connectivity index (χ0n) is 29.3. The van der Waals surface area contributed by atoms with Crippen LogP contribution in [0.2, 0.25) is 0 Å². The summed E-state index contributed by atoms with van der Waals surface area (Å²) in [5.41, 5.74) is 18.7. The molecule has 49 heavy (non-hydrogen) atoms. The van der Waals surface area contributed by atoms with E-state index in [9.17, 15) is 0 Å². The molecule has 2 nitrogen and oxygen atoms in total. The van der Waals surface area contributed by atoms with E-state index < -0.39 is 0 Å². The van der Waals surface area contributed by atoms with Gasteiger partial charge in [0, 0.05) is 33.9 Å². The summed E-state index contributed by atoms with van der Waals surface area (Å²) < 4.78 is 0. The van der Waals surface area contributed by atoms with Gasteiger partial charge in [0.15, 0.2) is 0 Å². The first kappa shape index (κ1) is 28.6. The van der Waals surface area contributed by atoms with Gasteiger partial charge in [-0.1, -0.05) is 94.4 Å². The molecule has 4 fully saturated rings. The van der Waals surface area contributed by atoms with Gasteiger partial charge in [0.2, 0.25) is 0 Å². The summed E-state index contributed by atoms with van der Waals surface area (Å²) in [6.45, 7) is 9.45. The van der Waals surface area contributed by atoms with Crippen LogP contribution in [0.3, 0.4) is 0 Å². The van der Waals surface area contributed by atoms with Gasteiger partial charge in [-0.25, -0.2) is 0 Å². The summed E-state index contributed by atoms with van der Waals surface area (Å²) in [4.78, 5) is 5.30. The van der Waals surface area contributed by atoms with Crippen molar-refractivity contribution in [3.63, 3.8) is 0 Å². The molecule has 0 unspecified atom stereocenters. The van der Waals surface area contributed by atoms with E-state index in [1.54, 1.807) is 11.1 Å². The van der Waals surface area contributed by atoms with Crippen molar-refractivity contribution in [2.24, 2.45) is 23.7 Å². The quantitative estimate of drug-likeness (QED) is 0.174. The summed E-state index contributed by atoms with van der Waals surface area (Å²) in [5, 5.41) is 0. The number of aryl methyl sites for hydroxylation is 1. The smallest absolute Gasteiger partial charge is 0.252 e. The lowest BCUT2D eigenvalue weighted by Crippen LogP contribution is -2.64. The molecule has 12 rings (SSSR count). The maximum absolute atomic E-state index is 2.71. The molecule has 0 amide bonds. The van der Waals surface area contributed by atoms with E-state index in [0.29, 0.717) is 0 Å². The number of nitrogens with zero attached hydrogens (tertiary/aromatic N) is 2. The Bertz CT molecular complexity index is 2180. The van der Waals surface area contributed by atoms with E-state index in [2.05, 4.69) is 141 Å². The van der Waals surface area contributed by atoms with E-state index in [1.165, 1.54) is 93.7 Å². The maximum Gasteiger partial charge on any atom is 0.252 e. The lowest BCUT2D eigenvalue weighted by atomic mass is 9.32. The predicted octanol–water partition coefficient (Wildman–Crippen LogP) is 9.68. The highest BCUT2D eigenvalue weighted by molar-refractivity contribution is 7.00. The molecule has 0 saturated heterocycles. The fraction of sp³-hybridized carbons (Fsp3) is 0.348. The van der Waals surface area contributed by atoms with Crippen LogP contribution >= 0.6 is 0 Å². The molecule has 4 bridgehead atoms. The molecule has 4 saturated carbocycles. The van der Waals surface area contributed by atoms with Gasteiger partial charge in [-0.05, 0) is 143 Å². The molecule has 5 aromatic carbocycles. The Morgan fingerprint density at radius 2 is 1.31 bits per heavy atom. The number of rotatable bonds is 2. The van der Waals surface area contributed by atoms with E-state index in [-0.39, 0.29) is 17.5 Å². The average Bonchev–Trinajstić information content (AvgIpc) is 3.11. The molecule has 0 N–H and O–H groups in total. The van der Waals surface area contributed by atoms with Gasteiger partial charge in [0.25, 0.3) is 6.71 Å². The molecule has 0 aromatic heterocycles. The number of anilines is 6. The van der Waals surface area contributed by atoms with E-state index in [1.807, 2.05) is 0 Å². The molecule has 5 aromatic rings. The Kier molecular flexibility index (Phi) is 5.67. The fourth-order valence-corrected chi connectivity index (χ4v) is 12.2.